The third kappa shape index (κ3) is 2.27. The summed E-state index contributed by atoms with van der Waals surface area (Å²) in [5.41, 5.74) is 1.06. The molecule has 0 aliphatic carbocycles. The second-order valence-corrected chi connectivity index (χ2v) is 4.04. The van der Waals surface area contributed by atoms with E-state index in [1.807, 2.05) is 31.2 Å². The van der Waals surface area contributed by atoms with Crippen molar-refractivity contribution in [2.45, 2.75) is 13.3 Å². The van der Waals surface area contributed by atoms with Crippen LogP contribution in [0.2, 0.25) is 0 Å². The molecule has 4 heteroatoms. The number of anilines is 1. The Morgan fingerprint density at radius 1 is 1.50 bits per heavy atom. The molecule has 1 aliphatic rings. The summed E-state index contributed by atoms with van der Waals surface area (Å²) in [6.07, 6.45) is 0.986. The number of thiocarbonyl (C=S) groups is 1. The van der Waals surface area contributed by atoms with E-state index in [0.29, 0.717) is 0 Å². The number of benzene rings is 1. The normalized spacial score (nSPS) is 14.7. The van der Waals surface area contributed by atoms with E-state index in [-0.39, 0.29) is 0 Å². The molecule has 0 aromatic heterocycles. The van der Waals surface area contributed by atoms with Crippen LogP contribution in [0.15, 0.2) is 24.3 Å². The maximum Gasteiger partial charge on any atom is 0.173 e. The minimum atomic E-state index is 0.752. The van der Waals surface area contributed by atoms with E-state index in [1.54, 1.807) is 0 Å². The summed E-state index contributed by atoms with van der Waals surface area (Å²) in [6, 6.07) is 8.03. The number of hydrogen-bond donors (Lipinski definition) is 1. The lowest BCUT2D eigenvalue weighted by Crippen LogP contribution is -2.40. The Morgan fingerprint density at radius 2 is 2.31 bits per heavy atom. The fourth-order valence-corrected chi connectivity index (χ4v) is 2.12. The van der Waals surface area contributed by atoms with Crippen LogP contribution in [-0.2, 0) is 0 Å². The predicted octanol–water partition coefficient (Wildman–Crippen LogP) is 2.17. The first-order valence-corrected chi connectivity index (χ1v) is 6.01. The van der Waals surface area contributed by atoms with Crippen molar-refractivity contribution >= 4 is 23.0 Å². The smallest absolute Gasteiger partial charge is 0.173 e. The number of rotatable bonds is 1. The molecule has 3 nitrogen and oxygen atoms in total. The van der Waals surface area contributed by atoms with Gasteiger partial charge in [-0.25, -0.2) is 0 Å². The minimum absolute atomic E-state index is 0.752. The first-order chi connectivity index (χ1) is 7.83. The average Bonchev–Trinajstić information content (AvgIpc) is 2.51. The lowest BCUT2D eigenvalue weighted by molar-refractivity contribution is 0.322. The van der Waals surface area contributed by atoms with Crippen LogP contribution < -0.4 is 15.0 Å². The van der Waals surface area contributed by atoms with Gasteiger partial charge < -0.3 is 15.0 Å². The van der Waals surface area contributed by atoms with E-state index in [1.165, 1.54) is 0 Å². The van der Waals surface area contributed by atoms with Crippen molar-refractivity contribution < 1.29 is 4.74 Å². The molecule has 1 N–H and O–H groups in total. The Bertz CT molecular complexity index is 381. The summed E-state index contributed by atoms with van der Waals surface area (Å²) < 4.78 is 5.68. The van der Waals surface area contributed by atoms with Crippen molar-refractivity contribution in [1.82, 2.24) is 5.32 Å². The Kier molecular flexibility index (Phi) is 3.62. The number of hydrogen-bond acceptors (Lipinski definition) is 2. The molecule has 1 aromatic carbocycles. The molecule has 0 atom stereocenters. The maximum atomic E-state index is 5.68. The van der Waals surface area contributed by atoms with Gasteiger partial charge >= 0.3 is 0 Å². The fourth-order valence-electron chi connectivity index (χ4n) is 1.79. The van der Waals surface area contributed by atoms with Gasteiger partial charge in [-0.1, -0.05) is 12.1 Å². The minimum Gasteiger partial charge on any atom is -0.491 e. The van der Waals surface area contributed by atoms with Crippen molar-refractivity contribution in [1.29, 1.82) is 0 Å². The van der Waals surface area contributed by atoms with Crippen LogP contribution in [0.3, 0.4) is 0 Å². The van der Waals surface area contributed by atoms with Crippen molar-refractivity contribution in [2.75, 3.05) is 24.6 Å². The monoisotopic (exact) mass is 236 g/mol. The van der Waals surface area contributed by atoms with Crippen LogP contribution in [0, 0.1) is 0 Å². The highest BCUT2D eigenvalue weighted by atomic mass is 32.1. The summed E-state index contributed by atoms with van der Waals surface area (Å²) in [4.78, 5) is 2.11. The largest absolute Gasteiger partial charge is 0.491 e. The van der Waals surface area contributed by atoms with Gasteiger partial charge in [0.2, 0.25) is 0 Å². The summed E-state index contributed by atoms with van der Waals surface area (Å²) in [5, 5.41) is 3.96. The standard InChI is InChI=1S/C12H16N2OS/c1-2-13-12(16)14-8-5-9-15-11-7-4-3-6-10(11)14/h3-4,6-7H,2,5,8-9H2,1H3,(H,13,16). The molecule has 0 bridgehead atoms. The average molecular weight is 236 g/mol. The van der Waals surface area contributed by atoms with Crippen LogP contribution in [0.25, 0.3) is 0 Å². The van der Waals surface area contributed by atoms with E-state index >= 15 is 0 Å². The summed E-state index contributed by atoms with van der Waals surface area (Å²) in [7, 11) is 0. The first-order valence-electron chi connectivity index (χ1n) is 5.60. The van der Waals surface area contributed by atoms with Crippen molar-refractivity contribution in [3.05, 3.63) is 24.3 Å². The second-order valence-electron chi connectivity index (χ2n) is 3.66. The number of ether oxygens (including phenoxy) is 1. The molecular formula is C12H16N2OS. The van der Waals surface area contributed by atoms with Crippen LogP contribution in [0.5, 0.6) is 5.75 Å². The molecule has 0 fully saturated rings. The van der Waals surface area contributed by atoms with E-state index in [2.05, 4.69) is 10.2 Å². The van der Waals surface area contributed by atoms with E-state index < -0.39 is 0 Å². The number of nitrogens with one attached hydrogen (secondary N) is 1. The molecule has 0 saturated heterocycles. The summed E-state index contributed by atoms with van der Waals surface area (Å²) in [5.74, 6) is 0.917. The van der Waals surface area contributed by atoms with Gasteiger partial charge in [-0.05, 0) is 37.7 Å². The quantitative estimate of drug-likeness (QED) is 0.755. The van der Waals surface area contributed by atoms with Gasteiger partial charge in [0, 0.05) is 13.1 Å². The van der Waals surface area contributed by atoms with Gasteiger partial charge in [0.25, 0.3) is 0 Å². The van der Waals surface area contributed by atoms with Crippen molar-refractivity contribution in [3.8, 4) is 5.75 Å². The maximum absolute atomic E-state index is 5.68. The molecule has 1 aliphatic heterocycles. The molecule has 1 heterocycles. The fraction of sp³-hybridized carbons (Fsp3) is 0.417. The molecule has 86 valence electrons. The second kappa shape index (κ2) is 5.16. The Hall–Kier alpha value is -1.29. The molecule has 0 radical (unpaired) electrons. The third-order valence-corrected chi connectivity index (χ3v) is 2.88. The van der Waals surface area contributed by atoms with Gasteiger partial charge in [-0.3, -0.25) is 0 Å². The van der Waals surface area contributed by atoms with Gasteiger partial charge in [-0.2, -0.15) is 0 Å². The van der Waals surface area contributed by atoms with Crippen molar-refractivity contribution in [3.63, 3.8) is 0 Å². The summed E-state index contributed by atoms with van der Waals surface area (Å²) >= 11 is 5.37. The lowest BCUT2D eigenvalue weighted by Gasteiger charge is -2.24. The van der Waals surface area contributed by atoms with Gasteiger partial charge in [0.05, 0.1) is 12.3 Å². The zero-order chi connectivity index (χ0) is 11.4. The topological polar surface area (TPSA) is 24.5 Å². The molecule has 0 saturated carbocycles. The molecule has 0 unspecified atom stereocenters. The zero-order valence-electron chi connectivity index (χ0n) is 9.40. The number of fused-ring (bicyclic) bond motifs is 1. The van der Waals surface area contributed by atoms with Gasteiger partial charge in [0.1, 0.15) is 5.75 Å². The molecule has 0 amide bonds. The van der Waals surface area contributed by atoms with Gasteiger partial charge in [-0.15, -0.1) is 0 Å². The number of nitrogens with zero attached hydrogens (tertiary/aromatic N) is 1. The Labute approximate surface area is 101 Å². The van der Waals surface area contributed by atoms with Crippen LogP contribution in [-0.4, -0.2) is 24.8 Å². The first kappa shape index (κ1) is 11.2. The molecular weight excluding hydrogens is 220 g/mol. The molecule has 2 rings (SSSR count). The SMILES string of the molecule is CCNC(=S)N1CCCOc2ccccc21. The molecule has 16 heavy (non-hydrogen) atoms. The zero-order valence-corrected chi connectivity index (χ0v) is 10.2. The van der Waals surface area contributed by atoms with E-state index in [9.17, 15) is 0 Å². The lowest BCUT2D eigenvalue weighted by atomic mass is 10.2. The highest BCUT2D eigenvalue weighted by Crippen LogP contribution is 2.30. The summed E-state index contributed by atoms with van der Waals surface area (Å²) in [6.45, 7) is 4.55. The van der Waals surface area contributed by atoms with E-state index in [4.69, 9.17) is 17.0 Å². The highest BCUT2D eigenvalue weighted by molar-refractivity contribution is 7.80. The van der Waals surface area contributed by atoms with Crippen LogP contribution >= 0.6 is 12.2 Å². The third-order valence-electron chi connectivity index (χ3n) is 2.51. The van der Waals surface area contributed by atoms with E-state index in [0.717, 1.165) is 42.7 Å². The number of para-hydroxylation sites is 2. The van der Waals surface area contributed by atoms with Gasteiger partial charge in [0.15, 0.2) is 5.11 Å². The van der Waals surface area contributed by atoms with Crippen LogP contribution in [0.4, 0.5) is 5.69 Å². The Balaban J connectivity index is 2.28. The predicted molar refractivity (Wildman–Crippen MR) is 70.2 cm³/mol. The highest BCUT2D eigenvalue weighted by Gasteiger charge is 2.18. The van der Waals surface area contributed by atoms with Crippen molar-refractivity contribution in [2.24, 2.45) is 0 Å². The van der Waals surface area contributed by atoms with Crippen LogP contribution in [0.1, 0.15) is 13.3 Å². The molecule has 1 aromatic rings. The molecule has 0 spiro atoms. The Morgan fingerprint density at radius 3 is 3.12 bits per heavy atom.